The normalized spacial score (nSPS) is 12.9. The number of thiophene rings is 1. The first-order valence-corrected chi connectivity index (χ1v) is 10.5. The largest absolute Gasteiger partial charge is 0.455 e. The Hall–Kier alpha value is -1.35. The number of nitrogens with two attached hydrogens (primary N) is 1. The van der Waals surface area contributed by atoms with E-state index < -0.39 is 18.1 Å². The van der Waals surface area contributed by atoms with Crippen LogP contribution in [0.2, 0.25) is 0 Å². The second-order valence-electron chi connectivity index (χ2n) is 6.61. The third-order valence-corrected chi connectivity index (χ3v) is 5.23. The van der Waals surface area contributed by atoms with E-state index in [2.05, 4.69) is 18.8 Å². The predicted molar refractivity (Wildman–Crippen MR) is 108 cm³/mol. The van der Waals surface area contributed by atoms with Crippen LogP contribution in [-0.2, 0) is 9.53 Å². The van der Waals surface area contributed by atoms with Crippen LogP contribution in [0.4, 0.5) is 0 Å². The zero-order valence-corrected chi connectivity index (χ0v) is 16.9. The van der Waals surface area contributed by atoms with E-state index in [9.17, 15) is 9.90 Å². The topological polar surface area (TPSA) is 72.5 Å². The first-order valence-electron chi connectivity index (χ1n) is 9.70. The second-order valence-corrected chi connectivity index (χ2v) is 7.72. The maximum absolute atomic E-state index is 11.2. The highest BCUT2D eigenvalue weighted by Crippen LogP contribution is 2.28. The quantitative estimate of drug-likeness (QED) is 0.317. The Kier molecular flexibility index (Phi) is 12.0. The fraction of sp³-hybridized carbons (Fsp3) is 0.667. The minimum atomic E-state index is -0.629. The number of carbonyl (C=O) groups is 1. The van der Waals surface area contributed by atoms with Gasteiger partial charge in [0.1, 0.15) is 0 Å². The van der Waals surface area contributed by atoms with Crippen LogP contribution in [0.1, 0.15) is 87.5 Å². The number of aliphatic hydroxyl groups excluding tert-OH is 1. The highest BCUT2D eigenvalue weighted by atomic mass is 32.1. The van der Waals surface area contributed by atoms with Crippen LogP contribution in [0.25, 0.3) is 0 Å². The van der Waals surface area contributed by atoms with Crippen molar-refractivity contribution < 1.29 is 14.6 Å². The van der Waals surface area contributed by atoms with Crippen molar-refractivity contribution >= 4 is 17.3 Å². The third kappa shape index (κ3) is 9.38. The highest BCUT2D eigenvalue weighted by Gasteiger charge is 2.23. The van der Waals surface area contributed by atoms with Gasteiger partial charge in [0.25, 0.3) is 0 Å². The average molecular weight is 380 g/mol. The average Bonchev–Trinajstić information content (AvgIpc) is 3.09. The van der Waals surface area contributed by atoms with Crippen molar-refractivity contribution in [2.75, 3.05) is 6.61 Å². The molecule has 4 nitrogen and oxygen atoms in total. The van der Waals surface area contributed by atoms with E-state index in [1.807, 2.05) is 12.1 Å². The molecule has 0 aliphatic rings. The van der Waals surface area contributed by atoms with Crippen molar-refractivity contribution in [1.29, 1.82) is 0 Å². The Balaban J connectivity index is 2.36. The fourth-order valence-corrected chi connectivity index (χ4v) is 3.69. The van der Waals surface area contributed by atoms with Gasteiger partial charge >= 0.3 is 5.97 Å². The molecule has 1 aromatic rings. The van der Waals surface area contributed by atoms with E-state index in [1.165, 1.54) is 63.2 Å². The summed E-state index contributed by atoms with van der Waals surface area (Å²) < 4.78 is 5.25. The molecule has 1 rings (SSSR count). The Morgan fingerprint density at radius 1 is 1.19 bits per heavy atom. The van der Waals surface area contributed by atoms with E-state index in [-0.39, 0.29) is 6.61 Å². The van der Waals surface area contributed by atoms with Gasteiger partial charge in [0, 0.05) is 18.2 Å². The van der Waals surface area contributed by atoms with Gasteiger partial charge in [-0.1, -0.05) is 63.7 Å². The zero-order valence-electron chi connectivity index (χ0n) is 16.1. The van der Waals surface area contributed by atoms with E-state index in [1.54, 1.807) is 0 Å². The fourth-order valence-electron chi connectivity index (χ4n) is 2.70. The molecule has 26 heavy (non-hydrogen) atoms. The predicted octanol–water partition coefficient (Wildman–Crippen LogP) is 4.55. The molecule has 0 aromatic carbocycles. The van der Waals surface area contributed by atoms with E-state index in [4.69, 9.17) is 10.5 Å². The van der Waals surface area contributed by atoms with Gasteiger partial charge in [0.05, 0.1) is 17.5 Å². The van der Waals surface area contributed by atoms with Gasteiger partial charge in [-0.25, -0.2) is 0 Å². The lowest BCUT2D eigenvalue weighted by molar-refractivity contribution is -0.148. The van der Waals surface area contributed by atoms with Crippen LogP contribution in [0.5, 0.6) is 0 Å². The smallest absolute Gasteiger partial charge is 0.303 e. The van der Waals surface area contributed by atoms with Crippen LogP contribution in [0.15, 0.2) is 12.1 Å². The molecule has 0 aliphatic heterocycles. The Bertz CT molecular complexity index is 573. The van der Waals surface area contributed by atoms with Crippen molar-refractivity contribution in [3.8, 4) is 11.8 Å². The van der Waals surface area contributed by atoms with Gasteiger partial charge in [-0.3, -0.25) is 4.79 Å². The summed E-state index contributed by atoms with van der Waals surface area (Å²) in [6.07, 6.45) is 10.7. The molecular formula is C21H33NO3S. The number of unbranched alkanes of at least 4 members (excludes halogenated alkanes) is 8. The second kappa shape index (κ2) is 13.8. The Labute approximate surface area is 162 Å². The minimum Gasteiger partial charge on any atom is -0.455 e. The molecule has 0 fully saturated rings. The van der Waals surface area contributed by atoms with Gasteiger partial charge in [-0.15, -0.1) is 11.3 Å². The van der Waals surface area contributed by atoms with Crippen molar-refractivity contribution in [3.05, 3.63) is 21.9 Å². The molecule has 3 N–H and O–H groups in total. The summed E-state index contributed by atoms with van der Waals surface area (Å²) in [6.45, 7) is 3.34. The molecule has 0 spiro atoms. The molecule has 1 heterocycles. The summed E-state index contributed by atoms with van der Waals surface area (Å²) in [5.41, 5.74) is 5.86. The molecule has 5 heteroatoms. The summed E-state index contributed by atoms with van der Waals surface area (Å²) in [5, 5.41) is 9.25. The molecule has 0 saturated carbocycles. The van der Waals surface area contributed by atoms with Crippen LogP contribution in [-0.4, -0.2) is 23.7 Å². The lowest BCUT2D eigenvalue weighted by Crippen LogP contribution is -2.34. The monoisotopic (exact) mass is 379 g/mol. The minimum absolute atomic E-state index is 0.241. The highest BCUT2D eigenvalue weighted by molar-refractivity contribution is 7.12. The molecule has 0 bridgehead atoms. The first-order chi connectivity index (χ1) is 12.6. The summed E-state index contributed by atoms with van der Waals surface area (Å²) in [6, 6.07) is 3.16. The van der Waals surface area contributed by atoms with Crippen molar-refractivity contribution in [3.63, 3.8) is 0 Å². The molecule has 146 valence electrons. The number of hydrogen-bond acceptors (Lipinski definition) is 5. The molecule has 2 atom stereocenters. The van der Waals surface area contributed by atoms with Crippen LogP contribution in [0.3, 0.4) is 0 Å². The maximum Gasteiger partial charge on any atom is 0.303 e. The van der Waals surface area contributed by atoms with E-state index in [0.717, 1.165) is 22.6 Å². The lowest BCUT2D eigenvalue weighted by Gasteiger charge is -2.20. The molecule has 0 saturated heterocycles. The standard InChI is InChI=1S/C21H33NO3S/c1-3-4-5-6-7-8-9-10-11-12-13-18-14-15-20(26-18)21(19(22)16-23)25-17(2)24/h14-15,19,21,23H,3-11,16,22H2,1-2H3/t19-,21?/m0/s1. The summed E-state index contributed by atoms with van der Waals surface area (Å²) in [4.78, 5) is 13.0. The SMILES string of the molecule is CCCCCCCCCCC#Cc1ccc(C(OC(C)=O)[C@@H](N)CO)s1. The van der Waals surface area contributed by atoms with E-state index >= 15 is 0 Å². The van der Waals surface area contributed by atoms with Gasteiger partial charge in [-0.05, 0) is 18.6 Å². The van der Waals surface area contributed by atoms with Gasteiger partial charge in [-0.2, -0.15) is 0 Å². The van der Waals surface area contributed by atoms with Gasteiger partial charge in [0.2, 0.25) is 0 Å². The summed E-state index contributed by atoms with van der Waals surface area (Å²) >= 11 is 1.46. The van der Waals surface area contributed by atoms with Crippen LogP contribution in [0, 0.1) is 11.8 Å². The number of rotatable bonds is 12. The Morgan fingerprint density at radius 2 is 1.85 bits per heavy atom. The zero-order chi connectivity index (χ0) is 19.2. The molecular weight excluding hydrogens is 346 g/mol. The molecule has 0 amide bonds. The maximum atomic E-state index is 11.2. The van der Waals surface area contributed by atoms with Crippen LogP contribution >= 0.6 is 11.3 Å². The third-order valence-electron chi connectivity index (χ3n) is 4.17. The van der Waals surface area contributed by atoms with Crippen molar-refractivity contribution in [1.82, 2.24) is 0 Å². The van der Waals surface area contributed by atoms with Gasteiger partial charge < -0.3 is 15.6 Å². The summed E-state index contributed by atoms with van der Waals surface area (Å²) in [7, 11) is 0. The van der Waals surface area contributed by atoms with Crippen molar-refractivity contribution in [2.45, 2.75) is 83.8 Å². The molecule has 1 aromatic heterocycles. The molecule has 1 unspecified atom stereocenters. The Morgan fingerprint density at radius 3 is 2.46 bits per heavy atom. The summed E-state index contributed by atoms with van der Waals surface area (Å²) in [5.74, 6) is 5.99. The van der Waals surface area contributed by atoms with Gasteiger partial charge in [0.15, 0.2) is 6.10 Å². The van der Waals surface area contributed by atoms with E-state index in [0.29, 0.717) is 0 Å². The number of esters is 1. The lowest BCUT2D eigenvalue weighted by atomic mass is 10.1. The number of hydrogen-bond donors (Lipinski definition) is 2. The van der Waals surface area contributed by atoms with Crippen molar-refractivity contribution in [2.24, 2.45) is 5.73 Å². The van der Waals surface area contributed by atoms with Crippen LogP contribution < -0.4 is 5.73 Å². The first kappa shape index (κ1) is 22.7. The number of ether oxygens (including phenoxy) is 1. The molecule has 0 aliphatic carbocycles. The number of carbonyl (C=O) groups excluding carboxylic acids is 1. The number of aliphatic hydroxyl groups is 1. The molecule has 0 radical (unpaired) electrons.